The van der Waals surface area contributed by atoms with Crippen molar-refractivity contribution in [3.05, 3.63) is 54.0 Å². The molecule has 1 saturated heterocycles. The van der Waals surface area contributed by atoms with Gasteiger partial charge in [-0.3, -0.25) is 0 Å². The number of hydrogen-bond acceptors (Lipinski definition) is 9. The van der Waals surface area contributed by atoms with Crippen LogP contribution in [0.15, 0.2) is 45.5 Å². The van der Waals surface area contributed by atoms with Gasteiger partial charge in [-0.15, -0.1) is 14.9 Å². The van der Waals surface area contributed by atoms with E-state index in [1.807, 2.05) is 20.8 Å². The van der Waals surface area contributed by atoms with Gasteiger partial charge in [0.1, 0.15) is 28.6 Å². The third kappa shape index (κ3) is 6.28. The zero-order valence-electron chi connectivity index (χ0n) is 20.2. The number of rotatable bonds is 11. The molecular weight excluding hydrogens is 475 g/mol. The summed E-state index contributed by atoms with van der Waals surface area (Å²) in [5, 5.41) is 12.2. The van der Waals surface area contributed by atoms with Crippen LogP contribution in [0.5, 0.6) is 0 Å². The summed E-state index contributed by atoms with van der Waals surface area (Å²) in [6.45, 7) is 6.68. The maximum Gasteiger partial charge on any atom is 0.250 e. The lowest BCUT2D eigenvalue weighted by molar-refractivity contribution is -0.175. The molecule has 3 heterocycles. The Bertz CT molecular complexity index is 1070. The van der Waals surface area contributed by atoms with E-state index in [4.69, 9.17) is 18.4 Å². The zero-order chi connectivity index (χ0) is 24.9. The molecule has 1 aliphatic rings. The number of aromatic nitrogens is 3. The van der Waals surface area contributed by atoms with Gasteiger partial charge in [0, 0.05) is 23.8 Å². The van der Waals surface area contributed by atoms with Crippen molar-refractivity contribution >= 4 is 11.4 Å². The minimum atomic E-state index is -1.35. The van der Waals surface area contributed by atoms with Crippen molar-refractivity contribution < 1.29 is 27.4 Å². The molecule has 1 N–H and O–H groups in total. The fraction of sp³-hybridized carbons (Fsp3) is 0.542. The van der Waals surface area contributed by atoms with Gasteiger partial charge in [-0.05, 0) is 45.7 Å². The molecule has 0 amide bonds. The van der Waals surface area contributed by atoms with Crippen LogP contribution in [0.2, 0.25) is 0 Å². The maximum atomic E-state index is 14.2. The highest BCUT2D eigenvalue weighted by atomic mass is 32.2. The number of hydrogen-bond donors (Lipinski definition) is 1. The van der Waals surface area contributed by atoms with E-state index in [2.05, 4.69) is 20.1 Å². The Labute approximate surface area is 207 Å². The van der Waals surface area contributed by atoms with E-state index in [1.165, 1.54) is 12.3 Å². The van der Waals surface area contributed by atoms with Gasteiger partial charge < -0.3 is 23.0 Å². The van der Waals surface area contributed by atoms with Crippen LogP contribution >= 0.6 is 0 Å². The summed E-state index contributed by atoms with van der Waals surface area (Å²) in [6, 6.07) is 7.55. The molecule has 0 radical (unpaired) electrons. The fourth-order valence-electron chi connectivity index (χ4n) is 3.82. The molecule has 0 spiro atoms. The van der Waals surface area contributed by atoms with Crippen LogP contribution in [0.4, 0.5) is 4.39 Å². The predicted molar refractivity (Wildman–Crippen MR) is 127 cm³/mol. The normalized spacial score (nSPS) is 17.5. The average molecular weight is 507 g/mol. The van der Waals surface area contributed by atoms with Crippen LogP contribution in [0.1, 0.15) is 70.5 Å². The molecule has 2 unspecified atom stereocenters. The quantitative estimate of drug-likeness (QED) is 0.289. The molecule has 2 atom stereocenters. The van der Waals surface area contributed by atoms with Crippen molar-refractivity contribution in [3.8, 4) is 11.5 Å². The highest BCUT2D eigenvalue weighted by Gasteiger charge is 2.40. The first kappa shape index (κ1) is 25.8. The summed E-state index contributed by atoms with van der Waals surface area (Å²) in [4.78, 5) is 0. The van der Waals surface area contributed by atoms with Gasteiger partial charge in [-0.1, -0.05) is 30.1 Å². The number of halogens is 1. The van der Waals surface area contributed by atoms with Crippen LogP contribution in [0.3, 0.4) is 0 Å². The van der Waals surface area contributed by atoms with E-state index in [-0.39, 0.29) is 17.3 Å². The maximum absolute atomic E-state index is 14.2. The van der Waals surface area contributed by atoms with Gasteiger partial charge in [-0.25, -0.2) is 4.39 Å². The molecule has 0 bridgehead atoms. The monoisotopic (exact) mass is 506 g/mol. The van der Waals surface area contributed by atoms with Crippen molar-refractivity contribution in [2.75, 3.05) is 13.2 Å². The zero-order valence-corrected chi connectivity index (χ0v) is 21.0. The van der Waals surface area contributed by atoms with Crippen molar-refractivity contribution in [1.29, 1.82) is 0 Å². The van der Waals surface area contributed by atoms with Crippen LogP contribution in [0, 0.1) is 5.82 Å². The lowest BCUT2D eigenvalue weighted by Crippen LogP contribution is -2.41. The van der Waals surface area contributed by atoms with Gasteiger partial charge in [0.2, 0.25) is 11.7 Å². The van der Waals surface area contributed by atoms with Crippen LogP contribution < -0.4 is 4.72 Å². The molecule has 4 rings (SSSR count). The molecule has 11 heteroatoms. The smallest absolute Gasteiger partial charge is 0.250 e. The highest BCUT2D eigenvalue weighted by Crippen LogP contribution is 2.36. The Morgan fingerprint density at radius 2 is 1.89 bits per heavy atom. The lowest BCUT2D eigenvalue weighted by Gasteiger charge is -2.27. The molecule has 3 aromatic rings. The van der Waals surface area contributed by atoms with Crippen LogP contribution in [-0.2, 0) is 26.6 Å². The van der Waals surface area contributed by atoms with E-state index < -0.39 is 33.8 Å². The summed E-state index contributed by atoms with van der Waals surface area (Å²) in [6.07, 6.45) is 5.25. The van der Waals surface area contributed by atoms with E-state index in [9.17, 15) is 8.94 Å². The Morgan fingerprint density at radius 1 is 1.11 bits per heavy atom. The summed E-state index contributed by atoms with van der Waals surface area (Å²) < 4.78 is 52.2. The van der Waals surface area contributed by atoms with Gasteiger partial charge >= 0.3 is 0 Å². The molecule has 1 fully saturated rings. The third-order valence-corrected chi connectivity index (χ3v) is 7.34. The molecule has 0 saturated carbocycles. The Hall–Kier alpha value is -2.31. The SMILES string of the molecule is CC(C)(C)[S+]([O-])NC(CCCCCC1(c2ccon2)OCCO1)c1nnc(-c2ccccc2F)o1. The number of ether oxygens (including phenoxy) is 2. The minimum absolute atomic E-state index is 0.0940. The minimum Gasteiger partial charge on any atom is -0.598 e. The number of nitrogens with zero attached hydrogens (tertiary/aromatic N) is 3. The Kier molecular flexibility index (Phi) is 8.23. The van der Waals surface area contributed by atoms with E-state index in [0.717, 1.165) is 19.3 Å². The standard InChI is InChI=1S/C24H31FN4O5S/c1-23(2,3)35(30)29-19(22-27-26-21(34-22)17-9-6-7-10-18(17)25)11-5-4-8-13-24(31-15-16-32-24)20-12-14-33-28-20/h6-7,9-10,12,14,19,29H,4-5,8,11,13,15-16H2,1-3H3. The Morgan fingerprint density at radius 3 is 2.57 bits per heavy atom. The Balaban J connectivity index is 1.39. The first-order valence-corrected chi connectivity index (χ1v) is 12.9. The molecule has 2 aromatic heterocycles. The first-order chi connectivity index (χ1) is 16.8. The summed E-state index contributed by atoms with van der Waals surface area (Å²) in [7, 11) is 0. The second-order valence-electron chi connectivity index (χ2n) is 9.41. The second kappa shape index (κ2) is 11.2. The average Bonchev–Trinajstić information content (AvgIpc) is 3.60. The highest BCUT2D eigenvalue weighted by molar-refractivity contribution is 7.90. The second-order valence-corrected chi connectivity index (χ2v) is 11.4. The summed E-state index contributed by atoms with van der Waals surface area (Å²) >= 11 is -1.35. The van der Waals surface area contributed by atoms with Gasteiger partial charge in [0.05, 0.1) is 18.8 Å². The number of benzene rings is 1. The number of nitrogens with one attached hydrogen (secondary N) is 1. The first-order valence-electron chi connectivity index (χ1n) is 11.7. The van der Waals surface area contributed by atoms with E-state index >= 15 is 0 Å². The van der Waals surface area contributed by atoms with Crippen molar-refractivity contribution in [1.82, 2.24) is 20.1 Å². The molecule has 35 heavy (non-hydrogen) atoms. The largest absolute Gasteiger partial charge is 0.598 e. The van der Waals surface area contributed by atoms with Gasteiger partial charge in [-0.2, -0.15) is 0 Å². The van der Waals surface area contributed by atoms with Crippen molar-refractivity contribution in [2.45, 2.75) is 69.5 Å². The van der Waals surface area contributed by atoms with E-state index in [1.54, 1.807) is 24.3 Å². The molecule has 1 aromatic carbocycles. The predicted octanol–water partition coefficient (Wildman–Crippen LogP) is 4.81. The molecule has 1 aliphatic heterocycles. The summed E-state index contributed by atoms with van der Waals surface area (Å²) in [5.41, 5.74) is 0.873. The van der Waals surface area contributed by atoms with Crippen LogP contribution in [-0.4, -0.2) is 37.9 Å². The fourth-order valence-corrected chi connectivity index (χ4v) is 4.66. The molecule has 9 nitrogen and oxygen atoms in total. The van der Waals surface area contributed by atoms with Crippen LogP contribution in [0.25, 0.3) is 11.5 Å². The molecule has 0 aliphatic carbocycles. The van der Waals surface area contributed by atoms with Crippen molar-refractivity contribution in [2.24, 2.45) is 0 Å². The lowest BCUT2D eigenvalue weighted by atomic mass is 10.0. The van der Waals surface area contributed by atoms with Gasteiger partial charge in [0.15, 0.2) is 0 Å². The molecule has 190 valence electrons. The topological polar surface area (TPSA) is 118 Å². The summed E-state index contributed by atoms with van der Waals surface area (Å²) in [5.74, 6) is -0.929. The number of unbranched alkanes of at least 4 members (excludes halogenated alkanes) is 2. The van der Waals surface area contributed by atoms with E-state index in [0.29, 0.717) is 31.7 Å². The molecular formula is C24H31FN4O5S. The van der Waals surface area contributed by atoms with Crippen molar-refractivity contribution in [3.63, 3.8) is 0 Å². The van der Waals surface area contributed by atoms with Gasteiger partial charge in [0.25, 0.3) is 5.89 Å². The third-order valence-electron chi connectivity index (χ3n) is 5.73.